The molecule has 1 aliphatic rings. The number of aromatic amines is 1. The van der Waals surface area contributed by atoms with Crippen LogP contribution in [0.25, 0.3) is 11.3 Å². The molecule has 0 aliphatic carbocycles. The molecule has 0 saturated carbocycles. The van der Waals surface area contributed by atoms with Gasteiger partial charge in [-0.25, -0.2) is 4.98 Å². The van der Waals surface area contributed by atoms with Crippen molar-refractivity contribution in [3.8, 4) is 17.0 Å². The van der Waals surface area contributed by atoms with Crippen molar-refractivity contribution in [3.05, 3.63) is 42.6 Å². The average Bonchev–Trinajstić information content (AvgIpc) is 3.22. The fraction of sp³-hybridized carbons (Fsp3) is 0.350. The zero-order valence-corrected chi connectivity index (χ0v) is 16.3. The molecule has 1 fully saturated rings. The fourth-order valence-electron chi connectivity index (χ4n) is 3.41. The molecule has 0 spiro atoms. The smallest absolute Gasteiger partial charge is 0.391 e. The summed E-state index contributed by atoms with van der Waals surface area (Å²) in [6.07, 6.45) is -2.46. The van der Waals surface area contributed by atoms with Crippen molar-refractivity contribution in [2.24, 2.45) is 5.92 Å². The van der Waals surface area contributed by atoms with E-state index >= 15 is 0 Å². The van der Waals surface area contributed by atoms with Gasteiger partial charge >= 0.3 is 6.18 Å². The number of H-pyrrole nitrogens is 1. The maximum absolute atomic E-state index is 12.9. The number of piperidine rings is 1. The minimum atomic E-state index is -4.14. The Bertz CT molecular complexity index is 981. The molecule has 4 rings (SSSR count). The van der Waals surface area contributed by atoms with Gasteiger partial charge in [-0.1, -0.05) is 0 Å². The molecule has 7 nitrogen and oxygen atoms in total. The molecule has 2 aromatic heterocycles. The number of hydrogen-bond donors (Lipinski definition) is 2. The average molecular weight is 418 g/mol. The van der Waals surface area contributed by atoms with Gasteiger partial charge in [0.2, 0.25) is 5.95 Å². The molecular weight excluding hydrogens is 397 g/mol. The van der Waals surface area contributed by atoms with Crippen LogP contribution in [0.2, 0.25) is 0 Å². The lowest BCUT2D eigenvalue weighted by Crippen LogP contribution is -2.39. The van der Waals surface area contributed by atoms with Gasteiger partial charge in [-0.3, -0.25) is 5.10 Å². The lowest BCUT2D eigenvalue weighted by atomic mass is 9.96. The first-order valence-electron chi connectivity index (χ1n) is 9.54. The van der Waals surface area contributed by atoms with Crippen molar-refractivity contribution >= 4 is 17.6 Å². The van der Waals surface area contributed by atoms with Gasteiger partial charge in [-0.05, 0) is 48.7 Å². The summed E-state index contributed by atoms with van der Waals surface area (Å²) in [5.74, 6) is 1.01. The van der Waals surface area contributed by atoms with Crippen LogP contribution in [0.3, 0.4) is 0 Å². The van der Waals surface area contributed by atoms with Gasteiger partial charge in [0.15, 0.2) is 5.82 Å². The van der Waals surface area contributed by atoms with Crippen molar-refractivity contribution in [2.75, 3.05) is 30.4 Å². The Kier molecular flexibility index (Phi) is 5.47. The summed E-state index contributed by atoms with van der Waals surface area (Å²) >= 11 is 0. The monoisotopic (exact) mass is 418 g/mol. The summed E-state index contributed by atoms with van der Waals surface area (Å²) < 4.78 is 43.8. The number of aromatic nitrogens is 4. The van der Waals surface area contributed by atoms with Gasteiger partial charge in [-0.15, -0.1) is 0 Å². The molecule has 10 heteroatoms. The van der Waals surface area contributed by atoms with E-state index in [2.05, 4.69) is 25.5 Å². The lowest BCUT2D eigenvalue weighted by molar-refractivity contribution is -0.179. The number of rotatable bonds is 5. The van der Waals surface area contributed by atoms with Gasteiger partial charge in [0.05, 0.1) is 18.7 Å². The van der Waals surface area contributed by atoms with E-state index in [9.17, 15) is 13.2 Å². The van der Waals surface area contributed by atoms with Crippen molar-refractivity contribution in [1.29, 1.82) is 0 Å². The van der Waals surface area contributed by atoms with Crippen LogP contribution < -0.4 is 15.0 Å². The summed E-state index contributed by atoms with van der Waals surface area (Å²) in [4.78, 5) is 10.4. The van der Waals surface area contributed by atoms with E-state index in [1.807, 2.05) is 30.3 Å². The number of ether oxygens (including phenoxy) is 1. The Morgan fingerprint density at radius 3 is 2.50 bits per heavy atom. The first-order chi connectivity index (χ1) is 14.4. The number of anilines is 3. The standard InChI is InChI=1S/C20H21F3N6O/c1-30-15-4-2-13(3-5-15)16-12-18(28-27-16)25-17-6-9-24-19(26-17)29-10-7-14(8-11-29)20(21,22)23/h2-6,9,12,14H,7-8,10-11H2,1H3,(H2,24,25,26,27,28). The first-order valence-corrected chi connectivity index (χ1v) is 9.54. The van der Waals surface area contributed by atoms with E-state index in [0.29, 0.717) is 17.6 Å². The van der Waals surface area contributed by atoms with E-state index in [1.165, 1.54) is 0 Å². The third-order valence-corrected chi connectivity index (χ3v) is 5.12. The predicted molar refractivity (Wildman–Crippen MR) is 107 cm³/mol. The Morgan fingerprint density at radius 2 is 1.83 bits per heavy atom. The van der Waals surface area contributed by atoms with Crippen LogP contribution >= 0.6 is 0 Å². The van der Waals surface area contributed by atoms with E-state index < -0.39 is 12.1 Å². The van der Waals surface area contributed by atoms with Gasteiger partial charge in [0, 0.05) is 25.4 Å². The lowest BCUT2D eigenvalue weighted by Gasteiger charge is -2.32. The molecule has 0 unspecified atom stereocenters. The molecule has 0 amide bonds. The van der Waals surface area contributed by atoms with E-state index in [0.717, 1.165) is 17.0 Å². The Hall–Kier alpha value is -3.30. The minimum Gasteiger partial charge on any atom is -0.497 e. The van der Waals surface area contributed by atoms with Crippen molar-refractivity contribution in [2.45, 2.75) is 19.0 Å². The summed E-state index contributed by atoms with van der Waals surface area (Å²) in [6, 6.07) is 11.1. The van der Waals surface area contributed by atoms with E-state index in [4.69, 9.17) is 4.74 Å². The summed E-state index contributed by atoms with van der Waals surface area (Å²) in [5, 5.41) is 10.3. The number of hydrogen-bond acceptors (Lipinski definition) is 6. The third kappa shape index (κ3) is 4.47. The van der Waals surface area contributed by atoms with Crippen molar-refractivity contribution in [3.63, 3.8) is 0 Å². The van der Waals surface area contributed by atoms with Crippen LogP contribution in [0, 0.1) is 5.92 Å². The molecule has 2 N–H and O–H groups in total. The van der Waals surface area contributed by atoms with E-state index in [1.54, 1.807) is 24.3 Å². The number of alkyl halides is 3. The van der Waals surface area contributed by atoms with Gasteiger partial charge in [0.25, 0.3) is 0 Å². The molecule has 0 bridgehead atoms. The van der Waals surface area contributed by atoms with Gasteiger partial charge in [0.1, 0.15) is 11.6 Å². The van der Waals surface area contributed by atoms with Crippen LogP contribution in [-0.2, 0) is 0 Å². The molecule has 3 aromatic rings. The normalized spacial score (nSPS) is 15.3. The molecule has 0 atom stereocenters. The van der Waals surface area contributed by atoms with Crippen LogP contribution in [0.4, 0.5) is 30.8 Å². The predicted octanol–water partition coefficient (Wildman–Crippen LogP) is 4.40. The molecule has 1 aromatic carbocycles. The highest BCUT2D eigenvalue weighted by atomic mass is 19.4. The highest BCUT2D eigenvalue weighted by molar-refractivity contribution is 5.65. The Morgan fingerprint density at radius 1 is 1.10 bits per heavy atom. The number of halogens is 3. The molecule has 1 saturated heterocycles. The van der Waals surface area contributed by atoms with Crippen molar-refractivity contribution in [1.82, 2.24) is 20.2 Å². The topological polar surface area (TPSA) is 79.0 Å². The molecule has 158 valence electrons. The molecule has 30 heavy (non-hydrogen) atoms. The third-order valence-electron chi connectivity index (χ3n) is 5.12. The second-order valence-corrected chi connectivity index (χ2v) is 7.07. The van der Waals surface area contributed by atoms with Gasteiger partial charge < -0.3 is 15.0 Å². The summed E-state index contributed by atoms with van der Waals surface area (Å²) in [7, 11) is 1.61. The molecule has 3 heterocycles. The zero-order chi connectivity index (χ0) is 21.1. The van der Waals surface area contributed by atoms with Crippen molar-refractivity contribution < 1.29 is 17.9 Å². The number of benzene rings is 1. The second kappa shape index (κ2) is 8.21. The van der Waals surface area contributed by atoms with Crippen LogP contribution in [0.5, 0.6) is 5.75 Å². The maximum Gasteiger partial charge on any atom is 0.391 e. The first kappa shape index (κ1) is 20.0. The van der Waals surface area contributed by atoms with Crippen LogP contribution in [-0.4, -0.2) is 46.5 Å². The maximum atomic E-state index is 12.9. The Balaban J connectivity index is 1.42. The number of nitrogens with one attached hydrogen (secondary N) is 2. The number of methoxy groups -OCH3 is 1. The fourth-order valence-corrected chi connectivity index (χ4v) is 3.41. The molecule has 0 radical (unpaired) electrons. The highest BCUT2D eigenvalue weighted by Gasteiger charge is 2.41. The largest absolute Gasteiger partial charge is 0.497 e. The quantitative estimate of drug-likeness (QED) is 0.640. The molecular formula is C20H21F3N6O. The van der Waals surface area contributed by atoms with Gasteiger partial charge in [-0.2, -0.15) is 23.3 Å². The van der Waals surface area contributed by atoms with E-state index in [-0.39, 0.29) is 25.9 Å². The highest BCUT2D eigenvalue weighted by Crippen LogP contribution is 2.35. The Labute approximate surface area is 171 Å². The summed E-state index contributed by atoms with van der Waals surface area (Å²) in [6.45, 7) is 0.551. The SMILES string of the molecule is COc1ccc(-c2cc(Nc3ccnc(N4CCC(C(F)(F)F)CC4)n3)n[nH]2)cc1. The van der Waals surface area contributed by atoms with Crippen LogP contribution in [0.1, 0.15) is 12.8 Å². The second-order valence-electron chi connectivity index (χ2n) is 7.07. The summed E-state index contributed by atoms with van der Waals surface area (Å²) in [5.41, 5.74) is 1.77. The van der Waals surface area contributed by atoms with Crippen LogP contribution in [0.15, 0.2) is 42.6 Å². The number of nitrogens with zero attached hydrogens (tertiary/aromatic N) is 4. The zero-order valence-electron chi connectivity index (χ0n) is 16.3. The molecule has 1 aliphatic heterocycles. The minimum absolute atomic E-state index is 0.0507.